The minimum atomic E-state index is -1.04. The van der Waals surface area contributed by atoms with Gasteiger partial charge >= 0.3 is 5.97 Å². The van der Waals surface area contributed by atoms with Crippen LogP contribution in [0.25, 0.3) is 0 Å². The summed E-state index contributed by atoms with van der Waals surface area (Å²) in [4.78, 5) is 22.2. The van der Waals surface area contributed by atoms with Gasteiger partial charge in [-0.2, -0.15) is 0 Å². The van der Waals surface area contributed by atoms with Crippen LogP contribution in [-0.4, -0.2) is 15.6 Å². The van der Waals surface area contributed by atoms with Gasteiger partial charge in [-0.25, -0.2) is 4.79 Å². The molecule has 0 fully saturated rings. The molecule has 0 aromatic carbocycles. The maximum Gasteiger partial charge on any atom is 0.337 e. The minimum Gasteiger partial charge on any atom is -0.478 e. The number of hydrogen-bond donors (Lipinski definition) is 1. The van der Waals surface area contributed by atoms with Gasteiger partial charge < -0.3 is 9.67 Å². The molecule has 1 aliphatic heterocycles. The van der Waals surface area contributed by atoms with Crippen LogP contribution in [-0.2, 0) is 6.54 Å². The molecule has 0 amide bonds. The molecule has 2 rings (SSSR count). The zero-order valence-electron chi connectivity index (χ0n) is 7.24. The Kier molecular flexibility index (Phi) is 2.07. The molecule has 14 heavy (non-hydrogen) atoms. The molecule has 0 aliphatic carbocycles. The number of aromatic carboxylic acids is 1. The van der Waals surface area contributed by atoms with E-state index in [0.717, 1.165) is 0 Å². The smallest absolute Gasteiger partial charge is 0.337 e. The Morgan fingerprint density at radius 2 is 2.29 bits per heavy atom. The van der Waals surface area contributed by atoms with Crippen molar-refractivity contribution in [2.45, 2.75) is 18.3 Å². The summed E-state index contributed by atoms with van der Waals surface area (Å²) in [5.41, 5.74) is 0.377. The van der Waals surface area contributed by atoms with Gasteiger partial charge in [-0.1, -0.05) is 0 Å². The van der Waals surface area contributed by atoms with E-state index in [1.165, 1.54) is 16.7 Å². The topological polar surface area (TPSA) is 59.3 Å². The number of nitrogens with zero attached hydrogens (tertiary/aromatic N) is 1. The van der Waals surface area contributed by atoms with Gasteiger partial charge in [0.2, 0.25) is 0 Å². The van der Waals surface area contributed by atoms with Crippen LogP contribution in [0.3, 0.4) is 0 Å². The number of halogens is 1. The maximum absolute atomic E-state index is 11.3. The van der Waals surface area contributed by atoms with E-state index in [0.29, 0.717) is 18.7 Å². The number of pyridine rings is 1. The van der Waals surface area contributed by atoms with Crippen molar-refractivity contribution in [1.29, 1.82) is 0 Å². The first kappa shape index (κ1) is 9.27. The van der Waals surface area contributed by atoms with Crippen molar-refractivity contribution >= 4 is 17.6 Å². The third kappa shape index (κ3) is 1.23. The van der Waals surface area contributed by atoms with Crippen molar-refractivity contribution in [3.05, 3.63) is 33.7 Å². The molecule has 5 heteroatoms. The lowest BCUT2D eigenvalue weighted by atomic mass is 10.1. The summed E-state index contributed by atoms with van der Waals surface area (Å²) < 4.78 is 1.43. The Bertz CT molecular complexity index is 452. The predicted octanol–water partition coefficient (Wildman–Crippen LogP) is 1.23. The van der Waals surface area contributed by atoms with Crippen molar-refractivity contribution in [1.82, 2.24) is 4.57 Å². The van der Waals surface area contributed by atoms with Gasteiger partial charge in [0.05, 0.1) is 16.6 Å². The molecule has 2 heterocycles. The third-order valence-electron chi connectivity index (χ3n) is 2.36. The fourth-order valence-corrected chi connectivity index (χ4v) is 2.06. The molecule has 0 saturated carbocycles. The molecule has 1 atom stereocenters. The van der Waals surface area contributed by atoms with Gasteiger partial charge in [0, 0.05) is 12.6 Å². The molecular formula is C9H8ClNO3. The first-order valence-corrected chi connectivity index (χ1v) is 4.66. The molecule has 1 N–H and O–H groups in total. The van der Waals surface area contributed by atoms with E-state index in [1.54, 1.807) is 0 Å². The Morgan fingerprint density at radius 1 is 1.57 bits per heavy atom. The van der Waals surface area contributed by atoms with Crippen LogP contribution in [0.4, 0.5) is 0 Å². The summed E-state index contributed by atoms with van der Waals surface area (Å²) in [6, 6.07) is 2.58. The largest absolute Gasteiger partial charge is 0.478 e. The maximum atomic E-state index is 11.3. The Balaban J connectivity index is 2.72. The lowest BCUT2D eigenvalue weighted by molar-refractivity contribution is 0.0695. The number of carboxylic acids is 1. The highest BCUT2D eigenvalue weighted by Crippen LogP contribution is 2.32. The van der Waals surface area contributed by atoms with E-state index < -0.39 is 5.97 Å². The highest BCUT2D eigenvalue weighted by atomic mass is 35.5. The van der Waals surface area contributed by atoms with Gasteiger partial charge in [0.15, 0.2) is 0 Å². The van der Waals surface area contributed by atoms with Crippen molar-refractivity contribution in [3.8, 4) is 0 Å². The first-order chi connectivity index (χ1) is 6.61. The van der Waals surface area contributed by atoms with Crippen LogP contribution in [0.5, 0.6) is 0 Å². The monoisotopic (exact) mass is 213 g/mol. The zero-order chi connectivity index (χ0) is 10.3. The van der Waals surface area contributed by atoms with Crippen LogP contribution in [0.2, 0.25) is 0 Å². The number of aromatic nitrogens is 1. The van der Waals surface area contributed by atoms with Gasteiger partial charge in [-0.3, -0.25) is 4.79 Å². The minimum absolute atomic E-state index is 0.127. The van der Waals surface area contributed by atoms with E-state index in [4.69, 9.17) is 16.7 Å². The van der Waals surface area contributed by atoms with Crippen molar-refractivity contribution < 1.29 is 9.90 Å². The number of alkyl halides is 1. The lowest BCUT2D eigenvalue weighted by Gasteiger charge is -2.07. The average Bonchev–Trinajstić information content (AvgIpc) is 2.50. The fraction of sp³-hybridized carbons (Fsp3) is 0.333. The number of carboxylic acid groups (broad SMARTS) is 1. The number of hydrogen-bond acceptors (Lipinski definition) is 2. The summed E-state index contributed by atoms with van der Waals surface area (Å²) in [6.45, 7) is 0.503. The third-order valence-corrected chi connectivity index (χ3v) is 2.78. The normalized spacial score (nSPS) is 19.4. The zero-order valence-corrected chi connectivity index (χ0v) is 7.99. The van der Waals surface area contributed by atoms with Crippen LogP contribution in [0, 0.1) is 0 Å². The van der Waals surface area contributed by atoms with Gasteiger partial charge in [0.25, 0.3) is 5.56 Å². The first-order valence-electron chi connectivity index (χ1n) is 4.22. The standard InChI is InChI=1S/C9H8ClNO3/c10-6-3-4-11-7(12)2-1-5(8(6)11)9(13)14/h1-2,6H,3-4H2,(H,13,14). The van der Waals surface area contributed by atoms with Crippen molar-refractivity contribution in [2.24, 2.45) is 0 Å². The van der Waals surface area contributed by atoms with Gasteiger partial charge in [0.1, 0.15) is 0 Å². The van der Waals surface area contributed by atoms with Crippen LogP contribution in [0.15, 0.2) is 16.9 Å². The molecule has 0 bridgehead atoms. The molecule has 74 valence electrons. The summed E-state index contributed by atoms with van der Waals surface area (Å²) >= 11 is 5.94. The quantitative estimate of drug-likeness (QED) is 0.714. The Morgan fingerprint density at radius 3 is 2.93 bits per heavy atom. The van der Waals surface area contributed by atoms with Crippen LogP contribution >= 0.6 is 11.6 Å². The summed E-state index contributed by atoms with van der Waals surface area (Å²) in [5, 5.41) is 8.52. The van der Waals surface area contributed by atoms with Gasteiger partial charge in [-0.05, 0) is 12.5 Å². The van der Waals surface area contributed by atoms with Crippen molar-refractivity contribution in [3.63, 3.8) is 0 Å². The average molecular weight is 214 g/mol. The van der Waals surface area contributed by atoms with E-state index in [2.05, 4.69) is 0 Å². The second-order valence-corrected chi connectivity index (χ2v) is 3.71. The number of fused-ring (bicyclic) bond motifs is 1. The molecule has 1 aliphatic rings. The molecule has 0 radical (unpaired) electrons. The Labute approximate surface area is 84.7 Å². The fourth-order valence-electron chi connectivity index (χ4n) is 1.72. The summed E-state index contributed by atoms with van der Waals surface area (Å²) in [6.07, 6.45) is 0.612. The van der Waals surface area contributed by atoms with Crippen molar-refractivity contribution in [2.75, 3.05) is 0 Å². The molecule has 0 spiro atoms. The molecular weight excluding hydrogens is 206 g/mol. The number of carbonyl (C=O) groups is 1. The molecule has 0 saturated heterocycles. The van der Waals surface area contributed by atoms with E-state index in [1.807, 2.05) is 0 Å². The van der Waals surface area contributed by atoms with E-state index in [-0.39, 0.29) is 16.5 Å². The lowest BCUT2D eigenvalue weighted by Crippen LogP contribution is -2.21. The molecule has 1 aromatic rings. The highest BCUT2D eigenvalue weighted by Gasteiger charge is 2.26. The van der Waals surface area contributed by atoms with Crippen LogP contribution in [0.1, 0.15) is 27.8 Å². The van der Waals surface area contributed by atoms with Crippen LogP contribution < -0.4 is 5.56 Å². The Hall–Kier alpha value is -1.29. The predicted molar refractivity (Wildman–Crippen MR) is 50.9 cm³/mol. The van der Waals surface area contributed by atoms with Gasteiger partial charge in [-0.15, -0.1) is 11.6 Å². The number of rotatable bonds is 1. The SMILES string of the molecule is O=C(O)c1ccc(=O)n2c1C(Cl)CC2. The molecule has 4 nitrogen and oxygen atoms in total. The second kappa shape index (κ2) is 3.13. The highest BCUT2D eigenvalue weighted by molar-refractivity contribution is 6.21. The molecule has 1 aromatic heterocycles. The van der Waals surface area contributed by atoms with E-state index in [9.17, 15) is 9.59 Å². The second-order valence-electron chi connectivity index (χ2n) is 3.18. The van der Waals surface area contributed by atoms with E-state index >= 15 is 0 Å². The summed E-state index contributed by atoms with van der Waals surface area (Å²) in [7, 11) is 0. The molecule has 1 unspecified atom stereocenters. The summed E-state index contributed by atoms with van der Waals surface area (Å²) in [5.74, 6) is -1.04.